The predicted octanol–water partition coefficient (Wildman–Crippen LogP) is 3.33. The number of fused-ring (bicyclic) bond motifs is 1. The van der Waals surface area contributed by atoms with E-state index in [4.69, 9.17) is 0 Å². The standard InChI is InChI=1S/C20H30N2O/c1-14(2)13-22(17-10-11-21-12-17)20(23)19-9-8-16-6-4-5-7-18(16)15(19)3/h8-9,14,17,21H,4-7,10-13H2,1-3H3/t17-/m0/s1. The van der Waals surface area contributed by atoms with Gasteiger partial charge in [0.15, 0.2) is 0 Å². The van der Waals surface area contributed by atoms with Gasteiger partial charge < -0.3 is 10.2 Å². The van der Waals surface area contributed by atoms with Crippen LogP contribution in [0.15, 0.2) is 12.1 Å². The van der Waals surface area contributed by atoms with Crippen molar-refractivity contribution in [2.45, 2.75) is 58.9 Å². The minimum absolute atomic E-state index is 0.235. The zero-order valence-electron chi connectivity index (χ0n) is 14.8. The second-order valence-electron chi connectivity index (χ2n) is 7.58. The van der Waals surface area contributed by atoms with Gasteiger partial charge in [-0.15, -0.1) is 0 Å². The molecular formula is C20H30N2O. The van der Waals surface area contributed by atoms with Gasteiger partial charge in [0.25, 0.3) is 5.91 Å². The van der Waals surface area contributed by atoms with Crippen molar-refractivity contribution in [1.29, 1.82) is 0 Å². The van der Waals surface area contributed by atoms with Gasteiger partial charge in [-0.1, -0.05) is 19.9 Å². The molecule has 1 atom stereocenters. The highest BCUT2D eigenvalue weighted by Gasteiger charge is 2.29. The van der Waals surface area contributed by atoms with Crippen molar-refractivity contribution in [1.82, 2.24) is 10.2 Å². The van der Waals surface area contributed by atoms with Gasteiger partial charge in [-0.05, 0) is 74.2 Å². The number of hydrogen-bond acceptors (Lipinski definition) is 2. The highest BCUT2D eigenvalue weighted by molar-refractivity contribution is 5.96. The number of nitrogens with zero attached hydrogens (tertiary/aromatic N) is 1. The molecule has 0 saturated carbocycles. The van der Waals surface area contributed by atoms with Crippen LogP contribution in [0.1, 0.15) is 60.2 Å². The van der Waals surface area contributed by atoms with Crippen LogP contribution in [0.5, 0.6) is 0 Å². The first-order valence-corrected chi connectivity index (χ1v) is 9.21. The van der Waals surface area contributed by atoms with Gasteiger partial charge in [-0.25, -0.2) is 0 Å². The average Bonchev–Trinajstić information content (AvgIpc) is 3.06. The number of benzene rings is 1. The number of amides is 1. The van der Waals surface area contributed by atoms with Crippen molar-refractivity contribution >= 4 is 5.91 Å². The van der Waals surface area contributed by atoms with Crippen molar-refractivity contribution < 1.29 is 4.79 Å². The fourth-order valence-corrected chi connectivity index (χ4v) is 4.10. The number of nitrogens with one attached hydrogen (secondary N) is 1. The molecule has 1 saturated heterocycles. The van der Waals surface area contributed by atoms with Crippen LogP contribution >= 0.6 is 0 Å². The Morgan fingerprint density at radius 3 is 2.78 bits per heavy atom. The molecule has 1 aliphatic heterocycles. The molecule has 1 aliphatic carbocycles. The smallest absolute Gasteiger partial charge is 0.254 e. The lowest BCUT2D eigenvalue weighted by Crippen LogP contribution is -2.44. The first-order valence-electron chi connectivity index (χ1n) is 9.21. The third kappa shape index (κ3) is 3.45. The minimum atomic E-state index is 0.235. The summed E-state index contributed by atoms with van der Waals surface area (Å²) in [4.78, 5) is 15.4. The summed E-state index contributed by atoms with van der Waals surface area (Å²) in [7, 11) is 0. The van der Waals surface area contributed by atoms with Crippen molar-refractivity contribution in [3.8, 4) is 0 Å². The normalized spacial score (nSPS) is 20.6. The summed E-state index contributed by atoms with van der Waals surface area (Å²) in [5.74, 6) is 0.732. The predicted molar refractivity (Wildman–Crippen MR) is 95.0 cm³/mol. The summed E-state index contributed by atoms with van der Waals surface area (Å²) in [6.45, 7) is 9.35. The van der Waals surface area contributed by atoms with E-state index in [0.29, 0.717) is 12.0 Å². The molecule has 0 bridgehead atoms. The van der Waals surface area contributed by atoms with Gasteiger partial charge in [0.05, 0.1) is 0 Å². The Bertz CT molecular complexity index is 573. The van der Waals surface area contributed by atoms with Crippen molar-refractivity contribution in [2.24, 2.45) is 5.92 Å². The molecule has 1 aromatic rings. The second kappa shape index (κ2) is 7.04. The lowest BCUT2D eigenvalue weighted by molar-refractivity contribution is 0.0666. The highest BCUT2D eigenvalue weighted by Crippen LogP contribution is 2.28. The Hall–Kier alpha value is -1.35. The van der Waals surface area contributed by atoms with Crippen molar-refractivity contribution in [2.75, 3.05) is 19.6 Å². The highest BCUT2D eigenvalue weighted by atomic mass is 16.2. The van der Waals surface area contributed by atoms with Crippen LogP contribution in [0, 0.1) is 12.8 Å². The van der Waals surface area contributed by atoms with E-state index in [9.17, 15) is 4.79 Å². The fraction of sp³-hybridized carbons (Fsp3) is 0.650. The SMILES string of the molecule is Cc1c(C(=O)N(CC(C)C)[C@H]2CCNC2)ccc2c1CCCC2. The van der Waals surface area contributed by atoms with Gasteiger partial charge >= 0.3 is 0 Å². The average molecular weight is 314 g/mol. The quantitative estimate of drug-likeness (QED) is 0.924. The Kier molecular flexibility index (Phi) is 5.05. The Balaban J connectivity index is 1.90. The monoisotopic (exact) mass is 314 g/mol. The molecule has 23 heavy (non-hydrogen) atoms. The van der Waals surface area contributed by atoms with Crippen LogP contribution < -0.4 is 5.32 Å². The first-order chi connectivity index (χ1) is 11.1. The van der Waals surface area contributed by atoms with E-state index in [1.807, 2.05) is 0 Å². The molecule has 126 valence electrons. The Morgan fingerprint density at radius 2 is 2.09 bits per heavy atom. The molecule has 3 rings (SSSR count). The number of rotatable bonds is 4. The molecule has 2 aliphatic rings. The minimum Gasteiger partial charge on any atom is -0.334 e. The third-order valence-electron chi connectivity index (χ3n) is 5.35. The van der Waals surface area contributed by atoms with Crippen molar-refractivity contribution in [3.63, 3.8) is 0 Å². The number of aryl methyl sites for hydroxylation is 1. The van der Waals surface area contributed by atoms with E-state index in [0.717, 1.165) is 38.0 Å². The lowest BCUT2D eigenvalue weighted by Gasteiger charge is -2.31. The summed E-state index contributed by atoms with van der Waals surface area (Å²) in [5, 5.41) is 3.40. The van der Waals surface area contributed by atoms with Crippen LogP contribution in [0.2, 0.25) is 0 Å². The molecule has 0 radical (unpaired) electrons. The second-order valence-corrected chi connectivity index (χ2v) is 7.58. The summed E-state index contributed by atoms with van der Waals surface area (Å²) in [6, 6.07) is 4.63. The third-order valence-corrected chi connectivity index (χ3v) is 5.35. The van der Waals surface area contributed by atoms with E-state index in [-0.39, 0.29) is 5.91 Å². The van der Waals surface area contributed by atoms with E-state index < -0.39 is 0 Å². The molecule has 0 aromatic heterocycles. The molecule has 1 heterocycles. The summed E-state index contributed by atoms with van der Waals surface area (Å²) in [5.41, 5.74) is 5.06. The Labute approximate surface area is 140 Å². The summed E-state index contributed by atoms with van der Waals surface area (Å²) >= 11 is 0. The molecule has 3 nitrogen and oxygen atoms in total. The summed E-state index contributed by atoms with van der Waals surface area (Å²) < 4.78 is 0. The molecule has 1 fully saturated rings. The lowest BCUT2D eigenvalue weighted by atomic mass is 9.86. The van der Waals surface area contributed by atoms with E-state index >= 15 is 0 Å². The van der Waals surface area contributed by atoms with Crippen molar-refractivity contribution in [3.05, 3.63) is 34.4 Å². The van der Waals surface area contributed by atoms with E-state index in [2.05, 4.69) is 43.1 Å². The maximum absolute atomic E-state index is 13.3. The molecule has 1 amide bonds. The maximum atomic E-state index is 13.3. The number of carbonyl (C=O) groups excluding carboxylic acids is 1. The zero-order chi connectivity index (χ0) is 16.4. The zero-order valence-corrected chi connectivity index (χ0v) is 14.8. The fourth-order valence-electron chi connectivity index (χ4n) is 4.10. The molecule has 1 N–H and O–H groups in total. The van der Waals surface area contributed by atoms with Gasteiger partial charge in [0.1, 0.15) is 0 Å². The molecule has 3 heteroatoms. The first kappa shape index (κ1) is 16.5. The van der Waals surface area contributed by atoms with Crippen LogP contribution in [-0.4, -0.2) is 36.5 Å². The van der Waals surface area contributed by atoms with Crippen LogP contribution in [-0.2, 0) is 12.8 Å². The van der Waals surface area contributed by atoms with Gasteiger partial charge in [-0.3, -0.25) is 4.79 Å². The van der Waals surface area contributed by atoms with E-state index in [1.165, 1.54) is 36.0 Å². The summed E-state index contributed by atoms with van der Waals surface area (Å²) in [6.07, 6.45) is 5.92. The molecule has 0 spiro atoms. The molecule has 0 unspecified atom stereocenters. The van der Waals surface area contributed by atoms with Crippen LogP contribution in [0.4, 0.5) is 0 Å². The largest absolute Gasteiger partial charge is 0.334 e. The van der Waals surface area contributed by atoms with Crippen LogP contribution in [0.25, 0.3) is 0 Å². The topological polar surface area (TPSA) is 32.3 Å². The van der Waals surface area contributed by atoms with Gasteiger partial charge in [0.2, 0.25) is 0 Å². The number of hydrogen-bond donors (Lipinski definition) is 1. The number of carbonyl (C=O) groups is 1. The van der Waals surface area contributed by atoms with Crippen LogP contribution in [0.3, 0.4) is 0 Å². The Morgan fingerprint density at radius 1 is 1.30 bits per heavy atom. The van der Waals surface area contributed by atoms with E-state index in [1.54, 1.807) is 0 Å². The van der Waals surface area contributed by atoms with Gasteiger partial charge in [0, 0.05) is 24.7 Å². The molecule has 1 aromatic carbocycles. The van der Waals surface area contributed by atoms with Gasteiger partial charge in [-0.2, -0.15) is 0 Å². The molecular weight excluding hydrogens is 284 g/mol. The maximum Gasteiger partial charge on any atom is 0.254 e.